The number of benzene rings is 3. The van der Waals surface area contributed by atoms with Gasteiger partial charge in [0.25, 0.3) is 0 Å². The third kappa shape index (κ3) is 7.31. The van der Waals surface area contributed by atoms with Crippen LogP contribution in [0.1, 0.15) is 72.3 Å². The summed E-state index contributed by atoms with van der Waals surface area (Å²) >= 11 is 0. The average molecular weight is 543 g/mol. The molecule has 0 aromatic heterocycles. The molecule has 1 fully saturated rings. The molecule has 1 saturated heterocycles. The Bertz CT molecular complexity index is 1230. The number of phenols is 1. The average Bonchev–Trinajstić information content (AvgIpc) is 3.27. The number of anilines is 1. The normalized spacial score (nSPS) is 17.6. The topological polar surface area (TPSA) is 54.0 Å². The number of hydrogen-bond acceptors (Lipinski definition) is 5. The molecular formula is C35H46N2O3. The van der Waals surface area contributed by atoms with E-state index in [0.717, 1.165) is 62.3 Å². The lowest BCUT2D eigenvalue weighted by Gasteiger charge is -2.28. The summed E-state index contributed by atoms with van der Waals surface area (Å²) in [5.41, 5.74) is 7.85. The van der Waals surface area contributed by atoms with Crippen molar-refractivity contribution < 1.29 is 14.6 Å². The second kappa shape index (κ2) is 13.9. The van der Waals surface area contributed by atoms with Crippen molar-refractivity contribution in [2.24, 2.45) is 0 Å². The van der Waals surface area contributed by atoms with Crippen LogP contribution in [0.15, 0.2) is 54.6 Å². The van der Waals surface area contributed by atoms with Crippen molar-refractivity contribution in [2.75, 3.05) is 45.7 Å². The fraction of sp³-hybridized carbons (Fsp3) is 0.486. The molecule has 0 spiro atoms. The Labute approximate surface area is 240 Å². The number of aromatic hydroxyl groups is 1. The number of aryl methyl sites for hydroxylation is 2. The number of rotatable bonds is 11. The maximum absolute atomic E-state index is 9.90. The first-order valence-electron chi connectivity index (χ1n) is 15.2. The molecule has 2 aliphatic rings. The van der Waals surface area contributed by atoms with Gasteiger partial charge in [0.1, 0.15) is 5.75 Å². The molecular weight excluding hydrogens is 496 g/mol. The van der Waals surface area contributed by atoms with Gasteiger partial charge in [-0.2, -0.15) is 0 Å². The van der Waals surface area contributed by atoms with Gasteiger partial charge in [-0.15, -0.1) is 0 Å². The molecule has 1 aliphatic heterocycles. The maximum Gasteiger partial charge on any atom is 0.162 e. The van der Waals surface area contributed by atoms with E-state index >= 15 is 0 Å². The van der Waals surface area contributed by atoms with Gasteiger partial charge < -0.3 is 24.8 Å². The summed E-state index contributed by atoms with van der Waals surface area (Å²) in [5.74, 6) is 2.27. The summed E-state index contributed by atoms with van der Waals surface area (Å²) in [6, 6.07) is 19.3. The van der Waals surface area contributed by atoms with E-state index in [1.54, 1.807) is 20.3 Å². The second-order valence-corrected chi connectivity index (χ2v) is 11.5. The van der Waals surface area contributed by atoms with Crippen LogP contribution in [0.5, 0.6) is 17.2 Å². The number of fused-ring (bicyclic) bond motifs is 1. The number of ether oxygens (including phenoxy) is 2. The molecule has 40 heavy (non-hydrogen) atoms. The standard InChI is InChI=1S/C35H46N2O3/c1-39-34-24-32(30-14-13-29-23-31(38)16-15-28(29)22-30)33(25-35(34)40-2)36-18-7-8-26-9-11-27(12-10-26)17-21-37-19-5-3-4-6-20-37/h9-12,15-16,23-25,30,36,38H,3-8,13-14,17-22H2,1-2H3/t30-/m0/s1. The van der Waals surface area contributed by atoms with Crippen LogP contribution in [-0.2, 0) is 25.7 Å². The minimum atomic E-state index is 0.355. The van der Waals surface area contributed by atoms with Crippen molar-refractivity contribution in [1.29, 1.82) is 0 Å². The Morgan fingerprint density at radius 2 is 1.52 bits per heavy atom. The molecule has 2 N–H and O–H groups in total. The fourth-order valence-electron chi connectivity index (χ4n) is 6.43. The summed E-state index contributed by atoms with van der Waals surface area (Å²) in [6.45, 7) is 4.62. The fourth-order valence-corrected chi connectivity index (χ4v) is 6.43. The predicted molar refractivity (Wildman–Crippen MR) is 164 cm³/mol. The van der Waals surface area contributed by atoms with E-state index in [1.165, 1.54) is 73.1 Å². The Morgan fingerprint density at radius 3 is 2.25 bits per heavy atom. The molecule has 3 aromatic carbocycles. The smallest absolute Gasteiger partial charge is 0.162 e. The first-order valence-corrected chi connectivity index (χ1v) is 15.2. The lowest BCUT2D eigenvalue weighted by Crippen LogP contribution is -2.26. The van der Waals surface area contributed by atoms with Gasteiger partial charge >= 0.3 is 0 Å². The van der Waals surface area contributed by atoms with Crippen molar-refractivity contribution in [3.8, 4) is 17.2 Å². The molecule has 214 valence electrons. The summed E-state index contributed by atoms with van der Waals surface area (Å²) < 4.78 is 11.3. The van der Waals surface area contributed by atoms with Gasteiger partial charge in [0, 0.05) is 24.8 Å². The van der Waals surface area contributed by atoms with Crippen molar-refractivity contribution in [2.45, 2.75) is 70.1 Å². The lowest BCUT2D eigenvalue weighted by molar-refractivity contribution is 0.289. The predicted octanol–water partition coefficient (Wildman–Crippen LogP) is 7.15. The van der Waals surface area contributed by atoms with E-state index in [4.69, 9.17) is 9.47 Å². The molecule has 1 aliphatic carbocycles. The van der Waals surface area contributed by atoms with Gasteiger partial charge in [-0.05, 0) is 116 Å². The monoisotopic (exact) mass is 542 g/mol. The largest absolute Gasteiger partial charge is 0.508 e. The van der Waals surface area contributed by atoms with Gasteiger partial charge in [-0.25, -0.2) is 0 Å². The van der Waals surface area contributed by atoms with Gasteiger partial charge in [-0.3, -0.25) is 0 Å². The minimum Gasteiger partial charge on any atom is -0.508 e. The summed E-state index contributed by atoms with van der Waals surface area (Å²) in [5, 5.41) is 13.6. The number of methoxy groups -OCH3 is 2. The molecule has 0 radical (unpaired) electrons. The molecule has 1 heterocycles. The van der Waals surface area contributed by atoms with Crippen LogP contribution in [0.2, 0.25) is 0 Å². The maximum atomic E-state index is 9.90. The summed E-state index contributed by atoms with van der Waals surface area (Å²) in [4.78, 5) is 2.64. The number of nitrogens with zero attached hydrogens (tertiary/aromatic N) is 1. The third-order valence-electron chi connectivity index (χ3n) is 8.81. The van der Waals surface area contributed by atoms with Gasteiger partial charge in [0.15, 0.2) is 11.5 Å². The van der Waals surface area contributed by atoms with E-state index in [-0.39, 0.29) is 0 Å². The highest BCUT2D eigenvalue weighted by atomic mass is 16.5. The lowest BCUT2D eigenvalue weighted by atomic mass is 9.79. The van der Waals surface area contributed by atoms with Crippen LogP contribution >= 0.6 is 0 Å². The van der Waals surface area contributed by atoms with E-state index in [2.05, 4.69) is 52.7 Å². The van der Waals surface area contributed by atoms with Gasteiger partial charge in [0.05, 0.1) is 14.2 Å². The van der Waals surface area contributed by atoms with Gasteiger partial charge in [0.2, 0.25) is 0 Å². The molecule has 5 nitrogen and oxygen atoms in total. The zero-order valence-corrected chi connectivity index (χ0v) is 24.4. The van der Waals surface area contributed by atoms with Gasteiger partial charge in [-0.1, -0.05) is 43.2 Å². The molecule has 0 bridgehead atoms. The number of nitrogens with one attached hydrogen (secondary N) is 1. The highest BCUT2D eigenvalue weighted by Gasteiger charge is 2.24. The highest BCUT2D eigenvalue weighted by molar-refractivity contribution is 5.62. The van der Waals surface area contributed by atoms with Crippen LogP contribution in [0.3, 0.4) is 0 Å². The number of hydrogen-bond donors (Lipinski definition) is 2. The Hall–Kier alpha value is -3.18. The first kappa shape index (κ1) is 28.4. The quantitative estimate of drug-likeness (QED) is 0.252. The summed E-state index contributed by atoms with van der Waals surface area (Å²) in [6.07, 6.45) is 11.8. The Kier molecular flexibility index (Phi) is 9.88. The van der Waals surface area contributed by atoms with Crippen LogP contribution in [0.4, 0.5) is 5.69 Å². The van der Waals surface area contributed by atoms with E-state index < -0.39 is 0 Å². The highest BCUT2D eigenvalue weighted by Crippen LogP contribution is 2.42. The molecule has 3 aromatic rings. The van der Waals surface area contributed by atoms with Crippen molar-refractivity contribution in [3.63, 3.8) is 0 Å². The first-order chi connectivity index (χ1) is 19.6. The minimum absolute atomic E-state index is 0.355. The van der Waals surface area contributed by atoms with E-state index in [0.29, 0.717) is 11.7 Å². The van der Waals surface area contributed by atoms with Crippen LogP contribution < -0.4 is 14.8 Å². The molecule has 0 saturated carbocycles. The van der Waals surface area contributed by atoms with Crippen molar-refractivity contribution >= 4 is 5.69 Å². The molecule has 0 amide bonds. The Morgan fingerprint density at radius 1 is 0.825 bits per heavy atom. The SMILES string of the molecule is COc1cc(NCCCc2ccc(CCN3CCCCCC3)cc2)c([C@H]2CCc3cc(O)ccc3C2)cc1OC. The summed E-state index contributed by atoms with van der Waals surface area (Å²) in [7, 11) is 3.40. The number of likely N-dealkylation sites (tertiary alicyclic amines) is 1. The van der Waals surface area contributed by atoms with Crippen LogP contribution in [0.25, 0.3) is 0 Å². The van der Waals surface area contributed by atoms with Crippen LogP contribution in [-0.4, -0.2) is 50.4 Å². The zero-order chi connectivity index (χ0) is 27.7. The Balaban J connectivity index is 1.17. The van der Waals surface area contributed by atoms with Crippen molar-refractivity contribution in [1.82, 2.24) is 4.90 Å². The molecule has 1 atom stereocenters. The number of phenolic OH excluding ortho intramolecular Hbond substituents is 1. The van der Waals surface area contributed by atoms with Crippen molar-refractivity contribution in [3.05, 3.63) is 82.4 Å². The molecule has 0 unspecified atom stereocenters. The second-order valence-electron chi connectivity index (χ2n) is 11.5. The third-order valence-corrected chi connectivity index (χ3v) is 8.81. The molecule has 5 rings (SSSR count). The van der Waals surface area contributed by atoms with Crippen LogP contribution in [0, 0.1) is 0 Å². The van der Waals surface area contributed by atoms with E-state index in [9.17, 15) is 5.11 Å². The zero-order valence-electron chi connectivity index (χ0n) is 24.4. The molecule has 5 heteroatoms. The van der Waals surface area contributed by atoms with E-state index in [1.807, 2.05) is 6.07 Å².